The molecule has 0 aliphatic rings. The third-order valence-corrected chi connectivity index (χ3v) is 3.95. The second-order valence-electron chi connectivity index (χ2n) is 4.83. The lowest BCUT2D eigenvalue weighted by Gasteiger charge is -2.06. The SMILES string of the molecule is Cc1c(C(=O)OC(C)C)sc2ncn(CC(N)=O)c(=O)c12. The minimum absolute atomic E-state index is 0.247. The number of aromatic nitrogens is 2. The molecule has 2 aromatic heterocycles. The Kier molecular flexibility index (Phi) is 4.08. The van der Waals surface area contributed by atoms with Gasteiger partial charge in [0.15, 0.2) is 0 Å². The molecule has 2 N–H and O–H groups in total. The number of fused-ring (bicyclic) bond motifs is 1. The van der Waals surface area contributed by atoms with Crippen LogP contribution in [0, 0.1) is 6.92 Å². The molecule has 1 amide bonds. The van der Waals surface area contributed by atoms with E-state index >= 15 is 0 Å². The minimum atomic E-state index is -0.634. The van der Waals surface area contributed by atoms with Gasteiger partial charge in [0.1, 0.15) is 16.3 Å². The normalized spacial score (nSPS) is 11.0. The molecule has 0 bridgehead atoms. The standard InChI is InChI=1S/C13H15N3O4S/c1-6(2)20-13(19)10-7(3)9-11(21-10)15-5-16(12(9)18)4-8(14)17/h5-6H,4H2,1-3H3,(H2,14,17). The monoisotopic (exact) mass is 309 g/mol. The van der Waals surface area contributed by atoms with Gasteiger partial charge in [-0.15, -0.1) is 11.3 Å². The van der Waals surface area contributed by atoms with Crippen molar-refractivity contribution in [2.45, 2.75) is 33.4 Å². The average Bonchev–Trinajstić information content (AvgIpc) is 2.70. The molecule has 8 heteroatoms. The molecule has 0 aliphatic heterocycles. The quantitative estimate of drug-likeness (QED) is 0.842. The van der Waals surface area contributed by atoms with Gasteiger partial charge in [0, 0.05) is 0 Å². The van der Waals surface area contributed by atoms with E-state index in [0.717, 1.165) is 15.9 Å². The fourth-order valence-corrected chi connectivity index (χ4v) is 2.92. The molecule has 112 valence electrons. The first-order chi connectivity index (χ1) is 9.81. The largest absolute Gasteiger partial charge is 0.459 e. The second-order valence-corrected chi connectivity index (χ2v) is 5.83. The van der Waals surface area contributed by atoms with E-state index in [1.165, 1.54) is 6.33 Å². The molecular weight excluding hydrogens is 294 g/mol. The maximum atomic E-state index is 12.3. The Morgan fingerprint density at radius 3 is 2.71 bits per heavy atom. The summed E-state index contributed by atoms with van der Waals surface area (Å²) in [6, 6.07) is 0. The van der Waals surface area contributed by atoms with Crippen LogP contribution in [0.2, 0.25) is 0 Å². The average molecular weight is 309 g/mol. The summed E-state index contributed by atoms with van der Waals surface area (Å²) in [5.41, 5.74) is 5.20. The number of hydrogen-bond donors (Lipinski definition) is 1. The number of amides is 1. The number of aryl methyl sites for hydroxylation is 1. The van der Waals surface area contributed by atoms with Gasteiger partial charge in [-0.25, -0.2) is 9.78 Å². The van der Waals surface area contributed by atoms with Gasteiger partial charge in [-0.05, 0) is 26.3 Å². The molecule has 0 aliphatic carbocycles. The van der Waals surface area contributed by atoms with E-state index in [4.69, 9.17) is 10.5 Å². The molecule has 0 aromatic carbocycles. The first-order valence-corrected chi connectivity index (χ1v) is 7.10. The van der Waals surface area contributed by atoms with Gasteiger partial charge in [-0.1, -0.05) is 0 Å². The Balaban J connectivity index is 2.57. The number of esters is 1. The Morgan fingerprint density at radius 2 is 2.14 bits per heavy atom. The number of nitrogens with zero attached hydrogens (tertiary/aromatic N) is 2. The molecule has 2 rings (SSSR count). The Morgan fingerprint density at radius 1 is 1.48 bits per heavy atom. The van der Waals surface area contributed by atoms with Crippen LogP contribution in [0.1, 0.15) is 29.1 Å². The molecule has 0 saturated carbocycles. The summed E-state index contributed by atoms with van der Waals surface area (Å²) < 4.78 is 6.27. The Labute approximate surface area is 124 Å². The number of carbonyl (C=O) groups excluding carboxylic acids is 2. The Hall–Kier alpha value is -2.22. The van der Waals surface area contributed by atoms with Gasteiger partial charge in [0.2, 0.25) is 5.91 Å². The van der Waals surface area contributed by atoms with Crippen molar-refractivity contribution in [3.05, 3.63) is 27.1 Å². The molecule has 0 radical (unpaired) electrons. The van der Waals surface area contributed by atoms with E-state index in [0.29, 0.717) is 20.7 Å². The van der Waals surface area contributed by atoms with Crippen LogP contribution in [0.15, 0.2) is 11.1 Å². The van der Waals surface area contributed by atoms with Crippen LogP contribution in [0.3, 0.4) is 0 Å². The molecule has 0 atom stereocenters. The predicted octanol–water partition coefficient (Wildman–Crippen LogP) is 0.817. The van der Waals surface area contributed by atoms with Crippen molar-refractivity contribution >= 4 is 33.4 Å². The van der Waals surface area contributed by atoms with E-state index in [1.807, 2.05) is 0 Å². The highest BCUT2D eigenvalue weighted by atomic mass is 32.1. The lowest BCUT2D eigenvalue weighted by atomic mass is 10.2. The highest BCUT2D eigenvalue weighted by Crippen LogP contribution is 2.27. The van der Waals surface area contributed by atoms with Crippen molar-refractivity contribution in [1.29, 1.82) is 0 Å². The van der Waals surface area contributed by atoms with Crippen LogP contribution in [-0.4, -0.2) is 27.5 Å². The predicted molar refractivity (Wildman–Crippen MR) is 78.4 cm³/mol. The molecule has 21 heavy (non-hydrogen) atoms. The summed E-state index contributed by atoms with van der Waals surface area (Å²) in [4.78, 5) is 40.1. The van der Waals surface area contributed by atoms with Crippen molar-refractivity contribution in [3.8, 4) is 0 Å². The molecule has 2 aromatic rings. The zero-order chi connectivity index (χ0) is 15.7. The third-order valence-electron chi connectivity index (χ3n) is 2.77. The number of carbonyl (C=O) groups is 2. The summed E-state index contributed by atoms with van der Waals surface area (Å²) in [5, 5.41) is 0.319. The fourth-order valence-electron chi connectivity index (χ4n) is 1.90. The smallest absolute Gasteiger partial charge is 0.348 e. The number of hydrogen-bond acceptors (Lipinski definition) is 6. The number of thiophene rings is 1. The molecule has 0 fully saturated rings. The van der Waals surface area contributed by atoms with Crippen LogP contribution >= 0.6 is 11.3 Å². The van der Waals surface area contributed by atoms with Gasteiger partial charge in [-0.2, -0.15) is 0 Å². The van der Waals surface area contributed by atoms with E-state index in [2.05, 4.69) is 4.98 Å². The fraction of sp³-hybridized carbons (Fsp3) is 0.385. The molecule has 7 nitrogen and oxygen atoms in total. The van der Waals surface area contributed by atoms with Gasteiger partial charge in [0.25, 0.3) is 5.56 Å². The first kappa shape index (κ1) is 15.2. The number of rotatable bonds is 4. The summed E-state index contributed by atoms with van der Waals surface area (Å²) in [5.74, 6) is -1.11. The highest BCUT2D eigenvalue weighted by Gasteiger charge is 2.21. The topological polar surface area (TPSA) is 104 Å². The second kappa shape index (κ2) is 5.65. The summed E-state index contributed by atoms with van der Waals surface area (Å²) in [6.45, 7) is 4.91. The van der Waals surface area contributed by atoms with Crippen LogP contribution in [0.5, 0.6) is 0 Å². The zero-order valence-corrected chi connectivity index (χ0v) is 12.7. The molecular formula is C13H15N3O4S. The van der Waals surface area contributed by atoms with Gasteiger partial charge < -0.3 is 10.5 Å². The van der Waals surface area contributed by atoms with Crippen LogP contribution < -0.4 is 11.3 Å². The van der Waals surface area contributed by atoms with Crippen molar-refractivity contribution in [3.63, 3.8) is 0 Å². The summed E-state index contributed by atoms with van der Waals surface area (Å²) in [6.07, 6.45) is 1.00. The van der Waals surface area contributed by atoms with Gasteiger partial charge >= 0.3 is 5.97 Å². The van der Waals surface area contributed by atoms with Crippen molar-refractivity contribution in [1.82, 2.24) is 9.55 Å². The van der Waals surface area contributed by atoms with E-state index < -0.39 is 17.4 Å². The van der Waals surface area contributed by atoms with Crippen molar-refractivity contribution < 1.29 is 14.3 Å². The zero-order valence-electron chi connectivity index (χ0n) is 11.9. The van der Waals surface area contributed by atoms with Gasteiger partial charge in [0.05, 0.1) is 17.8 Å². The number of primary amides is 1. The third kappa shape index (κ3) is 2.94. The number of ether oxygens (including phenoxy) is 1. The maximum absolute atomic E-state index is 12.3. The lowest BCUT2D eigenvalue weighted by molar-refractivity contribution is -0.118. The van der Waals surface area contributed by atoms with E-state index in [-0.39, 0.29) is 12.6 Å². The number of nitrogens with two attached hydrogens (primary N) is 1. The molecule has 0 spiro atoms. The minimum Gasteiger partial charge on any atom is -0.459 e. The molecule has 0 saturated heterocycles. The van der Waals surface area contributed by atoms with Gasteiger partial charge in [-0.3, -0.25) is 14.2 Å². The molecule has 2 heterocycles. The van der Waals surface area contributed by atoms with E-state index in [9.17, 15) is 14.4 Å². The maximum Gasteiger partial charge on any atom is 0.348 e. The lowest BCUT2D eigenvalue weighted by Crippen LogP contribution is -2.28. The highest BCUT2D eigenvalue weighted by molar-refractivity contribution is 7.20. The summed E-state index contributed by atoms with van der Waals surface area (Å²) in [7, 11) is 0. The van der Waals surface area contributed by atoms with Crippen LogP contribution in [-0.2, 0) is 16.1 Å². The van der Waals surface area contributed by atoms with Crippen molar-refractivity contribution in [2.24, 2.45) is 5.73 Å². The molecule has 0 unspecified atom stereocenters. The Bertz CT molecular complexity index is 776. The summed E-state index contributed by atoms with van der Waals surface area (Å²) >= 11 is 1.10. The first-order valence-electron chi connectivity index (χ1n) is 6.29. The van der Waals surface area contributed by atoms with E-state index in [1.54, 1.807) is 20.8 Å². The van der Waals surface area contributed by atoms with Crippen LogP contribution in [0.25, 0.3) is 10.2 Å². The van der Waals surface area contributed by atoms with Crippen molar-refractivity contribution in [2.75, 3.05) is 0 Å². The van der Waals surface area contributed by atoms with Crippen LogP contribution in [0.4, 0.5) is 0 Å².